The number of rotatable bonds is 1. The van der Waals surface area contributed by atoms with Gasteiger partial charge in [-0.1, -0.05) is 11.6 Å². The molecule has 7 heteroatoms. The predicted molar refractivity (Wildman–Crippen MR) is 64.5 cm³/mol. The van der Waals surface area contributed by atoms with Crippen molar-refractivity contribution in [2.45, 2.75) is 6.92 Å². The number of aromatic nitrogens is 2. The van der Waals surface area contributed by atoms with E-state index in [1.807, 2.05) is 0 Å². The minimum atomic E-state index is -0.805. The molecular formula is C11H10ClN3O3. The second-order valence-corrected chi connectivity index (χ2v) is 3.84. The normalized spacial score (nSPS) is 11.8. The van der Waals surface area contributed by atoms with E-state index in [2.05, 4.69) is 14.7 Å². The van der Waals surface area contributed by atoms with Crippen LogP contribution in [0, 0.1) is 0 Å². The smallest absolute Gasteiger partial charge is 0.437 e. The Morgan fingerprint density at radius 3 is 3.11 bits per heavy atom. The summed E-state index contributed by atoms with van der Waals surface area (Å²) in [7, 11) is 0. The molecule has 1 heterocycles. The summed E-state index contributed by atoms with van der Waals surface area (Å²) in [5, 5.41) is 10.8. The number of nitrogens with zero attached hydrogens (tertiary/aromatic N) is 3. The zero-order valence-corrected chi connectivity index (χ0v) is 10.3. The first-order chi connectivity index (χ1) is 8.60. The Hall–Kier alpha value is -2.08. The monoisotopic (exact) mass is 267 g/mol. The van der Waals surface area contributed by atoms with Crippen molar-refractivity contribution in [3.8, 4) is 0 Å². The summed E-state index contributed by atoms with van der Waals surface area (Å²) in [5.74, 6) is 0. The highest BCUT2D eigenvalue weighted by atomic mass is 35.5. The molecular weight excluding hydrogens is 258 g/mol. The topological polar surface area (TPSA) is 76.7 Å². The van der Waals surface area contributed by atoms with Gasteiger partial charge in [-0.15, -0.1) is 4.99 Å². The predicted octanol–water partition coefficient (Wildman–Crippen LogP) is 1.98. The van der Waals surface area contributed by atoms with Crippen LogP contribution >= 0.6 is 11.6 Å². The van der Waals surface area contributed by atoms with Gasteiger partial charge in [0.05, 0.1) is 18.3 Å². The molecule has 2 aromatic rings. The Morgan fingerprint density at radius 2 is 2.39 bits per heavy atom. The van der Waals surface area contributed by atoms with Gasteiger partial charge in [0.1, 0.15) is 0 Å². The van der Waals surface area contributed by atoms with Crippen LogP contribution in [-0.2, 0) is 4.74 Å². The fourth-order valence-electron chi connectivity index (χ4n) is 1.39. The summed E-state index contributed by atoms with van der Waals surface area (Å²) in [5.41, 5.74) is 0.413. The van der Waals surface area contributed by atoms with Gasteiger partial charge < -0.3 is 9.94 Å². The van der Waals surface area contributed by atoms with Crippen LogP contribution in [-0.4, -0.2) is 27.6 Å². The van der Waals surface area contributed by atoms with E-state index >= 15 is 0 Å². The zero-order valence-electron chi connectivity index (χ0n) is 9.50. The number of carbonyl (C=O) groups is 1. The van der Waals surface area contributed by atoms with E-state index in [0.29, 0.717) is 20.7 Å². The molecule has 6 nitrogen and oxygen atoms in total. The van der Waals surface area contributed by atoms with Crippen LogP contribution in [0.2, 0.25) is 5.02 Å². The molecule has 0 fully saturated rings. The van der Waals surface area contributed by atoms with Gasteiger partial charge in [0.25, 0.3) is 5.62 Å². The fraction of sp³-hybridized carbons (Fsp3) is 0.182. The summed E-state index contributed by atoms with van der Waals surface area (Å²) < 4.78 is 5.29. The van der Waals surface area contributed by atoms with Crippen LogP contribution in [0.5, 0.6) is 0 Å². The summed E-state index contributed by atoms with van der Waals surface area (Å²) in [6.45, 7) is 1.87. The lowest BCUT2D eigenvalue weighted by Crippen LogP contribution is -2.24. The van der Waals surface area contributed by atoms with E-state index in [0.717, 1.165) is 0 Å². The van der Waals surface area contributed by atoms with Crippen LogP contribution in [0.1, 0.15) is 6.92 Å². The molecule has 94 valence electrons. The van der Waals surface area contributed by atoms with Crippen molar-refractivity contribution in [1.82, 2.24) is 9.71 Å². The van der Waals surface area contributed by atoms with Gasteiger partial charge in [-0.2, -0.15) is 4.73 Å². The van der Waals surface area contributed by atoms with Crippen molar-refractivity contribution in [3.63, 3.8) is 0 Å². The zero-order chi connectivity index (χ0) is 13.1. The molecule has 1 aromatic carbocycles. The molecule has 0 saturated carbocycles. The first-order valence-electron chi connectivity index (χ1n) is 5.20. The minimum Gasteiger partial charge on any atom is -0.448 e. The Bertz CT molecular complexity index is 666. The molecule has 0 unspecified atom stereocenters. The van der Waals surface area contributed by atoms with E-state index in [4.69, 9.17) is 11.6 Å². The number of hydrogen-bond donors (Lipinski definition) is 1. The van der Waals surface area contributed by atoms with Crippen LogP contribution in [0.25, 0.3) is 10.9 Å². The molecule has 0 aliphatic carbocycles. The van der Waals surface area contributed by atoms with E-state index in [1.165, 1.54) is 6.20 Å². The van der Waals surface area contributed by atoms with Crippen LogP contribution in [0.4, 0.5) is 4.79 Å². The van der Waals surface area contributed by atoms with Gasteiger partial charge in [-0.3, -0.25) is 0 Å². The highest BCUT2D eigenvalue weighted by Crippen LogP contribution is 2.15. The number of halogens is 1. The number of benzene rings is 1. The first kappa shape index (κ1) is 12.4. The Balaban J connectivity index is 2.56. The van der Waals surface area contributed by atoms with Crippen molar-refractivity contribution in [2.24, 2.45) is 4.99 Å². The van der Waals surface area contributed by atoms with Crippen molar-refractivity contribution in [1.29, 1.82) is 0 Å². The standard InChI is InChI=1S/C11H10ClN3O3/c1-2-18-11(16)14-10-13-9-4-3-8(12)5-7(9)6-15(10)17/h3-6,17H,2H2,1H3/b14-10-. The van der Waals surface area contributed by atoms with Crippen molar-refractivity contribution < 1.29 is 14.7 Å². The van der Waals surface area contributed by atoms with Gasteiger partial charge in [-0.05, 0) is 25.1 Å². The highest BCUT2D eigenvalue weighted by Gasteiger charge is 2.03. The molecule has 0 spiro atoms. The van der Waals surface area contributed by atoms with Crippen LogP contribution in [0.3, 0.4) is 0 Å². The lowest BCUT2D eigenvalue weighted by molar-refractivity contribution is 0.151. The molecule has 1 aromatic heterocycles. The second kappa shape index (κ2) is 5.05. The van der Waals surface area contributed by atoms with Crippen LogP contribution < -0.4 is 5.62 Å². The lowest BCUT2D eigenvalue weighted by Gasteiger charge is -2.02. The SMILES string of the molecule is CCOC(=O)/N=c1/nc2ccc(Cl)cc2cn1O. The summed E-state index contributed by atoms with van der Waals surface area (Å²) in [6.07, 6.45) is 0.563. The third-order valence-electron chi connectivity index (χ3n) is 2.14. The molecule has 0 atom stereocenters. The maximum atomic E-state index is 11.2. The number of carbonyl (C=O) groups excluding carboxylic acids is 1. The number of fused-ring (bicyclic) bond motifs is 1. The average Bonchev–Trinajstić information content (AvgIpc) is 2.31. The molecule has 2 rings (SSSR count). The summed E-state index contributed by atoms with van der Waals surface area (Å²) >= 11 is 5.82. The minimum absolute atomic E-state index is 0.150. The van der Waals surface area contributed by atoms with E-state index in [9.17, 15) is 10.0 Å². The third-order valence-corrected chi connectivity index (χ3v) is 2.37. The molecule has 0 radical (unpaired) electrons. The van der Waals surface area contributed by atoms with Gasteiger partial charge >= 0.3 is 6.09 Å². The molecule has 0 saturated heterocycles. The van der Waals surface area contributed by atoms with Gasteiger partial charge in [0.15, 0.2) is 0 Å². The molecule has 0 bridgehead atoms. The van der Waals surface area contributed by atoms with Gasteiger partial charge in [-0.25, -0.2) is 9.78 Å². The number of ether oxygens (including phenoxy) is 1. The molecule has 1 amide bonds. The Labute approximate surface area is 107 Å². The van der Waals surface area contributed by atoms with E-state index in [1.54, 1.807) is 25.1 Å². The van der Waals surface area contributed by atoms with E-state index < -0.39 is 6.09 Å². The Kier molecular flexibility index (Phi) is 3.47. The third kappa shape index (κ3) is 2.60. The number of amides is 1. The highest BCUT2D eigenvalue weighted by molar-refractivity contribution is 6.31. The van der Waals surface area contributed by atoms with Crippen molar-refractivity contribution >= 4 is 28.6 Å². The lowest BCUT2D eigenvalue weighted by atomic mass is 10.2. The fourth-order valence-corrected chi connectivity index (χ4v) is 1.57. The Morgan fingerprint density at radius 1 is 1.61 bits per heavy atom. The second-order valence-electron chi connectivity index (χ2n) is 3.40. The summed E-state index contributed by atoms with van der Waals surface area (Å²) in [6, 6.07) is 4.97. The van der Waals surface area contributed by atoms with Crippen molar-refractivity contribution in [2.75, 3.05) is 6.61 Å². The van der Waals surface area contributed by atoms with Crippen LogP contribution in [0.15, 0.2) is 29.4 Å². The maximum absolute atomic E-state index is 11.2. The molecule has 18 heavy (non-hydrogen) atoms. The average molecular weight is 268 g/mol. The number of hydrogen-bond acceptors (Lipinski definition) is 4. The maximum Gasteiger partial charge on any atom is 0.437 e. The molecule has 0 aliphatic heterocycles. The van der Waals surface area contributed by atoms with Gasteiger partial charge in [0, 0.05) is 10.4 Å². The molecule has 1 N–H and O–H groups in total. The van der Waals surface area contributed by atoms with E-state index in [-0.39, 0.29) is 12.2 Å². The van der Waals surface area contributed by atoms with Crippen molar-refractivity contribution in [3.05, 3.63) is 35.0 Å². The first-order valence-corrected chi connectivity index (χ1v) is 5.57. The summed E-state index contributed by atoms with van der Waals surface area (Å²) in [4.78, 5) is 18.7. The molecule has 0 aliphatic rings. The quantitative estimate of drug-likeness (QED) is 0.802. The van der Waals surface area contributed by atoms with Gasteiger partial charge in [0.2, 0.25) is 0 Å². The largest absolute Gasteiger partial charge is 0.448 e.